The predicted octanol–water partition coefficient (Wildman–Crippen LogP) is 3.63. The third-order valence-electron chi connectivity index (χ3n) is 4.23. The highest BCUT2D eigenvalue weighted by atomic mass is 16.4. The van der Waals surface area contributed by atoms with E-state index in [4.69, 9.17) is 5.11 Å². The monoisotopic (exact) mass is 269 g/mol. The minimum atomic E-state index is -0.615. The zero-order valence-electron chi connectivity index (χ0n) is 13.2. The van der Waals surface area contributed by atoms with Crippen LogP contribution in [0.25, 0.3) is 0 Å². The maximum atomic E-state index is 11.1. The lowest BCUT2D eigenvalue weighted by molar-refractivity contribution is -0.144. The number of hydrogen-bond donors (Lipinski definition) is 1. The Morgan fingerprint density at radius 2 is 1.74 bits per heavy atom. The molecule has 0 bridgehead atoms. The number of carboxylic acid groups (broad SMARTS) is 1. The fourth-order valence-corrected chi connectivity index (χ4v) is 3.41. The summed E-state index contributed by atoms with van der Waals surface area (Å²) in [6, 6.07) is 1.02. The van der Waals surface area contributed by atoms with Crippen LogP contribution in [0.1, 0.15) is 60.3 Å². The van der Waals surface area contributed by atoms with Crippen molar-refractivity contribution in [2.24, 2.45) is 17.8 Å². The fraction of sp³-hybridized carbons (Fsp3) is 0.938. The highest BCUT2D eigenvalue weighted by molar-refractivity contribution is 5.70. The Morgan fingerprint density at radius 3 is 2.11 bits per heavy atom. The highest BCUT2D eigenvalue weighted by Gasteiger charge is 2.33. The number of carbonyl (C=O) groups is 1. The zero-order valence-corrected chi connectivity index (χ0v) is 13.2. The van der Waals surface area contributed by atoms with Gasteiger partial charge in [0.1, 0.15) is 0 Å². The Labute approximate surface area is 118 Å². The van der Waals surface area contributed by atoms with E-state index in [9.17, 15) is 4.79 Å². The van der Waals surface area contributed by atoms with Gasteiger partial charge in [0, 0.05) is 12.1 Å². The van der Waals surface area contributed by atoms with E-state index in [1.807, 2.05) is 0 Å². The highest BCUT2D eigenvalue weighted by Crippen LogP contribution is 2.29. The van der Waals surface area contributed by atoms with E-state index in [1.54, 1.807) is 0 Å². The molecule has 1 heterocycles. The van der Waals surface area contributed by atoms with Crippen molar-refractivity contribution in [2.45, 2.75) is 72.4 Å². The van der Waals surface area contributed by atoms with E-state index in [0.717, 1.165) is 19.4 Å². The molecule has 0 aliphatic carbocycles. The summed E-state index contributed by atoms with van der Waals surface area (Å²) in [5, 5.41) is 9.15. The maximum absolute atomic E-state index is 11.1. The van der Waals surface area contributed by atoms with E-state index in [-0.39, 0.29) is 5.92 Å². The topological polar surface area (TPSA) is 40.5 Å². The number of rotatable bonds is 6. The Morgan fingerprint density at radius 1 is 1.21 bits per heavy atom. The third-order valence-corrected chi connectivity index (χ3v) is 4.23. The van der Waals surface area contributed by atoms with Gasteiger partial charge in [-0.1, -0.05) is 27.7 Å². The molecule has 0 aromatic carbocycles. The standard InChI is InChI=1S/C16H31NO2/c1-11(2)8-15(9-12(3)4)17-7-6-14(16(18)19)10-13(17)5/h11-15H,6-10H2,1-5H3,(H,18,19). The number of aliphatic carboxylic acids is 1. The SMILES string of the molecule is CC(C)CC(CC(C)C)N1CCC(C(=O)O)CC1C. The molecule has 1 rings (SSSR count). The largest absolute Gasteiger partial charge is 0.481 e. The van der Waals surface area contributed by atoms with Gasteiger partial charge in [-0.3, -0.25) is 9.69 Å². The molecule has 0 saturated carbocycles. The Hall–Kier alpha value is -0.570. The third kappa shape index (κ3) is 5.13. The number of piperidine rings is 1. The van der Waals surface area contributed by atoms with Crippen LogP contribution in [-0.4, -0.2) is 34.6 Å². The number of carboxylic acids is 1. The maximum Gasteiger partial charge on any atom is 0.306 e. The van der Waals surface area contributed by atoms with Gasteiger partial charge in [-0.2, -0.15) is 0 Å². The van der Waals surface area contributed by atoms with Gasteiger partial charge in [-0.15, -0.1) is 0 Å². The lowest BCUT2D eigenvalue weighted by atomic mass is 9.87. The smallest absolute Gasteiger partial charge is 0.306 e. The first kappa shape index (κ1) is 16.5. The first-order valence-corrected chi connectivity index (χ1v) is 7.79. The van der Waals surface area contributed by atoms with Crippen LogP contribution in [0.3, 0.4) is 0 Å². The van der Waals surface area contributed by atoms with Crippen molar-refractivity contribution in [3.8, 4) is 0 Å². The van der Waals surface area contributed by atoms with Crippen molar-refractivity contribution in [3.63, 3.8) is 0 Å². The molecule has 2 unspecified atom stereocenters. The van der Waals surface area contributed by atoms with Gasteiger partial charge in [0.25, 0.3) is 0 Å². The molecule has 0 radical (unpaired) electrons. The van der Waals surface area contributed by atoms with Crippen molar-refractivity contribution < 1.29 is 9.90 Å². The molecule has 0 spiro atoms. The molecule has 19 heavy (non-hydrogen) atoms. The molecule has 2 atom stereocenters. The summed E-state index contributed by atoms with van der Waals surface area (Å²) >= 11 is 0. The second-order valence-electron chi connectivity index (χ2n) is 7.06. The molecule has 0 amide bonds. The second kappa shape index (κ2) is 7.28. The molecule has 1 saturated heterocycles. The summed E-state index contributed by atoms with van der Waals surface area (Å²) in [6.45, 7) is 12.3. The lowest BCUT2D eigenvalue weighted by Gasteiger charge is -2.43. The molecule has 3 nitrogen and oxygen atoms in total. The minimum absolute atomic E-state index is 0.134. The molecule has 0 aromatic rings. The van der Waals surface area contributed by atoms with E-state index in [2.05, 4.69) is 39.5 Å². The fourth-order valence-electron chi connectivity index (χ4n) is 3.41. The Kier molecular flexibility index (Phi) is 6.31. The molecule has 1 N–H and O–H groups in total. The van der Waals surface area contributed by atoms with Crippen LogP contribution >= 0.6 is 0 Å². The van der Waals surface area contributed by atoms with Gasteiger partial charge in [0.15, 0.2) is 0 Å². The second-order valence-corrected chi connectivity index (χ2v) is 7.06. The molecule has 1 aliphatic heterocycles. The summed E-state index contributed by atoms with van der Waals surface area (Å²) in [5.41, 5.74) is 0. The average Bonchev–Trinajstić information content (AvgIpc) is 2.26. The first-order valence-electron chi connectivity index (χ1n) is 7.79. The van der Waals surface area contributed by atoms with Crippen LogP contribution in [0, 0.1) is 17.8 Å². The summed E-state index contributed by atoms with van der Waals surface area (Å²) in [7, 11) is 0. The molecule has 0 aromatic heterocycles. The van der Waals surface area contributed by atoms with Crippen molar-refractivity contribution in [1.29, 1.82) is 0 Å². The summed E-state index contributed by atoms with van der Waals surface area (Å²) in [4.78, 5) is 13.7. The van der Waals surface area contributed by atoms with Crippen LogP contribution in [0.5, 0.6) is 0 Å². The van der Waals surface area contributed by atoms with Crippen LogP contribution < -0.4 is 0 Å². The van der Waals surface area contributed by atoms with Crippen LogP contribution in [0.15, 0.2) is 0 Å². The lowest BCUT2D eigenvalue weighted by Crippen LogP contribution is -2.49. The van der Waals surface area contributed by atoms with Gasteiger partial charge in [-0.05, 0) is 51.0 Å². The summed E-state index contributed by atoms with van der Waals surface area (Å²) < 4.78 is 0. The van der Waals surface area contributed by atoms with Crippen LogP contribution in [-0.2, 0) is 4.79 Å². The average molecular weight is 269 g/mol. The van der Waals surface area contributed by atoms with Gasteiger partial charge in [-0.25, -0.2) is 0 Å². The molecule has 3 heteroatoms. The van der Waals surface area contributed by atoms with E-state index in [0.29, 0.717) is 23.9 Å². The normalized spacial score (nSPS) is 25.5. The number of hydrogen-bond acceptors (Lipinski definition) is 2. The summed E-state index contributed by atoms with van der Waals surface area (Å²) in [6.07, 6.45) is 4.06. The van der Waals surface area contributed by atoms with Gasteiger partial charge in [0.2, 0.25) is 0 Å². The van der Waals surface area contributed by atoms with Crippen LogP contribution in [0.4, 0.5) is 0 Å². The Bertz CT molecular complexity index is 278. The van der Waals surface area contributed by atoms with E-state index in [1.165, 1.54) is 12.8 Å². The summed E-state index contributed by atoms with van der Waals surface area (Å²) in [5.74, 6) is 0.655. The van der Waals surface area contributed by atoms with Gasteiger partial charge in [0.05, 0.1) is 5.92 Å². The molecule has 1 aliphatic rings. The Balaban J connectivity index is 2.66. The van der Waals surface area contributed by atoms with Crippen LogP contribution in [0.2, 0.25) is 0 Å². The van der Waals surface area contributed by atoms with Crippen molar-refractivity contribution in [3.05, 3.63) is 0 Å². The quantitative estimate of drug-likeness (QED) is 0.800. The van der Waals surface area contributed by atoms with Gasteiger partial charge < -0.3 is 5.11 Å². The molecule has 1 fully saturated rings. The first-order chi connectivity index (χ1) is 8.81. The van der Waals surface area contributed by atoms with E-state index >= 15 is 0 Å². The number of nitrogens with zero attached hydrogens (tertiary/aromatic N) is 1. The van der Waals surface area contributed by atoms with Crippen molar-refractivity contribution >= 4 is 5.97 Å². The molecular weight excluding hydrogens is 238 g/mol. The molecule has 112 valence electrons. The van der Waals surface area contributed by atoms with E-state index < -0.39 is 5.97 Å². The predicted molar refractivity (Wildman–Crippen MR) is 79.2 cm³/mol. The van der Waals surface area contributed by atoms with Crippen molar-refractivity contribution in [1.82, 2.24) is 4.90 Å². The number of likely N-dealkylation sites (tertiary alicyclic amines) is 1. The van der Waals surface area contributed by atoms with Crippen molar-refractivity contribution in [2.75, 3.05) is 6.54 Å². The zero-order chi connectivity index (χ0) is 14.6. The minimum Gasteiger partial charge on any atom is -0.481 e. The van der Waals surface area contributed by atoms with Gasteiger partial charge >= 0.3 is 5.97 Å². The molecular formula is C16H31NO2.